The second kappa shape index (κ2) is 5.17. The number of nitrogens with zero attached hydrogens (tertiary/aromatic N) is 1. The normalized spacial score (nSPS) is 22.0. The van der Waals surface area contributed by atoms with Gasteiger partial charge in [0, 0.05) is 27.8 Å². The summed E-state index contributed by atoms with van der Waals surface area (Å²) < 4.78 is 0. The molecule has 0 saturated carbocycles. The number of benzene rings is 1. The predicted molar refractivity (Wildman–Crippen MR) is 73.9 cm³/mol. The minimum Gasteiger partial charge on any atom is -0.335 e. The molecule has 5 heteroatoms. The van der Waals surface area contributed by atoms with E-state index in [9.17, 15) is 4.79 Å². The van der Waals surface area contributed by atoms with Gasteiger partial charge in [0.1, 0.15) is 0 Å². The lowest BCUT2D eigenvalue weighted by atomic mass is 10.1. The lowest BCUT2D eigenvalue weighted by Crippen LogP contribution is -2.28. The van der Waals surface area contributed by atoms with Crippen LogP contribution < -0.4 is 0 Å². The Hall–Kier alpha value is -0.250. The van der Waals surface area contributed by atoms with Gasteiger partial charge in [-0.1, -0.05) is 45.2 Å². The average Bonchev–Trinajstić information content (AvgIpc) is 2.57. The highest BCUT2D eigenvalue weighted by molar-refractivity contribution is 9.09. The number of likely N-dealkylation sites (tertiary alicyclic amines) is 1. The Kier molecular flexibility index (Phi) is 4.01. The summed E-state index contributed by atoms with van der Waals surface area (Å²) in [5.74, 6) is 0.158. The summed E-state index contributed by atoms with van der Waals surface area (Å²) in [6, 6.07) is 5.37. The van der Waals surface area contributed by atoms with Gasteiger partial charge in [-0.05, 0) is 24.6 Å². The maximum atomic E-state index is 11.8. The monoisotopic (exact) mass is 335 g/mol. The van der Waals surface area contributed by atoms with Crippen LogP contribution in [-0.4, -0.2) is 22.2 Å². The van der Waals surface area contributed by atoms with Crippen molar-refractivity contribution in [3.05, 3.63) is 33.8 Å². The first-order chi connectivity index (χ1) is 7.99. The number of alkyl halides is 1. The Morgan fingerprint density at radius 2 is 2.18 bits per heavy atom. The fourth-order valence-corrected chi connectivity index (χ4v) is 3.22. The fraction of sp³-hybridized carbons (Fsp3) is 0.417. The SMILES string of the molecule is CC(c1ccc(Cl)cc1Cl)N1CC(Br)CC1=O. The van der Waals surface area contributed by atoms with Gasteiger partial charge in [0.15, 0.2) is 0 Å². The van der Waals surface area contributed by atoms with Gasteiger partial charge < -0.3 is 4.90 Å². The zero-order valence-electron chi connectivity index (χ0n) is 9.29. The van der Waals surface area contributed by atoms with E-state index in [4.69, 9.17) is 23.2 Å². The number of rotatable bonds is 2. The lowest BCUT2D eigenvalue weighted by molar-refractivity contribution is -0.129. The van der Waals surface area contributed by atoms with Crippen molar-refractivity contribution in [1.82, 2.24) is 4.90 Å². The third-order valence-electron chi connectivity index (χ3n) is 2.99. The molecule has 1 fully saturated rings. The van der Waals surface area contributed by atoms with Crippen LogP contribution in [0.2, 0.25) is 10.0 Å². The average molecular weight is 337 g/mol. The molecule has 1 aromatic carbocycles. The van der Waals surface area contributed by atoms with Gasteiger partial charge in [-0.2, -0.15) is 0 Å². The van der Waals surface area contributed by atoms with E-state index in [2.05, 4.69) is 15.9 Å². The minimum atomic E-state index is -0.0187. The largest absolute Gasteiger partial charge is 0.335 e. The van der Waals surface area contributed by atoms with Crippen LogP contribution in [0, 0.1) is 0 Å². The van der Waals surface area contributed by atoms with Crippen LogP contribution >= 0.6 is 39.1 Å². The number of amides is 1. The van der Waals surface area contributed by atoms with Gasteiger partial charge in [-0.25, -0.2) is 0 Å². The molecule has 1 heterocycles. The van der Waals surface area contributed by atoms with Crippen LogP contribution in [0.5, 0.6) is 0 Å². The molecule has 1 aliphatic heterocycles. The van der Waals surface area contributed by atoms with Gasteiger partial charge in [0.2, 0.25) is 5.91 Å². The molecule has 2 atom stereocenters. The quantitative estimate of drug-likeness (QED) is 0.746. The van der Waals surface area contributed by atoms with E-state index in [1.165, 1.54) is 0 Å². The standard InChI is InChI=1S/C12H12BrCl2NO/c1-7(16-6-8(13)4-12(16)17)10-3-2-9(14)5-11(10)15/h2-3,5,7-8H,4,6H2,1H3. The van der Waals surface area contributed by atoms with E-state index >= 15 is 0 Å². The highest BCUT2D eigenvalue weighted by Crippen LogP contribution is 2.33. The third kappa shape index (κ3) is 2.78. The van der Waals surface area contributed by atoms with Crippen molar-refractivity contribution in [2.75, 3.05) is 6.54 Å². The first kappa shape index (κ1) is 13.2. The molecule has 2 unspecified atom stereocenters. The van der Waals surface area contributed by atoms with Crippen molar-refractivity contribution in [3.63, 3.8) is 0 Å². The molecule has 1 amide bonds. The van der Waals surface area contributed by atoms with E-state index in [0.29, 0.717) is 16.5 Å². The van der Waals surface area contributed by atoms with Gasteiger partial charge >= 0.3 is 0 Å². The van der Waals surface area contributed by atoms with E-state index in [0.717, 1.165) is 12.1 Å². The van der Waals surface area contributed by atoms with Crippen LogP contribution in [0.3, 0.4) is 0 Å². The van der Waals surface area contributed by atoms with Gasteiger partial charge in [-0.15, -0.1) is 0 Å². The summed E-state index contributed by atoms with van der Waals surface area (Å²) in [7, 11) is 0. The molecule has 0 radical (unpaired) electrons. The van der Waals surface area contributed by atoms with Crippen molar-refractivity contribution >= 4 is 45.0 Å². The Morgan fingerprint density at radius 1 is 1.47 bits per heavy atom. The summed E-state index contributed by atoms with van der Waals surface area (Å²) in [6.45, 7) is 2.71. The number of hydrogen-bond acceptors (Lipinski definition) is 1. The molecule has 0 bridgehead atoms. The summed E-state index contributed by atoms with van der Waals surface area (Å²) >= 11 is 15.5. The molecule has 0 spiro atoms. The minimum absolute atomic E-state index is 0.0187. The zero-order chi connectivity index (χ0) is 12.6. The summed E-state index contributed by atoms with van der Waals surface area (Å²) in [5.41, 5.74) is 0.936. The molecule has 17 heavy (non-hydrogen) atoms. The summed E-state index contributed by atoms with van der Waals surface area (Å²) in [6.07, 6.45) is 0.551. The molecular formula is C12H12BrCl2NO. The second-order valence-electron chi connectivity index (χ2n) is 4.19. The molecular weight excluding hydrogens is 325 g/mol. The molecule has 92 valence electrons. The van der Waals surface area contributed by atoms with Crippen LogP contribution in [-0.2, 0) is 4.79 Å². The smallest absolute Gasteiger partial charge is 0.224 e. The molecule has 0 N–H and O–H groups in total. The third-order valence-corrected chi connectivity index (χ3v) is 4.17. The molecule has 1 aliphatic rings. The Labute approximate surface area is 119 Å². The first-order valence-corrected chi connectivity index (χ1v) is 7.04. The number of carbonyl (C=O) groups is 1. The van der Waals surface area contributed by atoms with Gasteiger partial charge in [-0.3, -0.25) is 4.79 Å². The second-order valence-corrected chi connectivity index (χ2v) is 6.33. The number of hydrogen-bond donors (Lipinski definition) is 0. The van der Waals surface area contributed by atoms with Crippen molar-refractivity contribution < 1.29 is 4.79 Å². The predicted octanol–water partition coefficient (Wildman–Crippen LogP) is 4.05. The van der Waals surface area contributed by atoms with E-state index in [-0.39, 0.29) is 16.8 Å². The van der Waals surface area contributed by atoms with Crippen LogP contribution in [0.4, 0.5) is 0 Å². The Balaban J connectivity index is 2.25. The van der Waals surface area contributed by atoms with Crippen molar-refractivity contribution in [2.24, 2.45) is 0 Å². The molecule has 1 aromatic rings. The van der Waals surface area contributed by atoms with Crippen LogP contribution in [0.25, 0.3) is 0 Å². The molecule has 1 saturated heterocycles. The molecule has 0 aromatic heterocycles. The summed E-state index contributed by atoms with van der Waals surface area (Å²) in [4.78, 5) is 13.9. The first-order valence-electron chi connectivity index (χ1n) is 5.37. The van der Waals surface area contributed by atoms with Crippen LogP contribution in [0.1, 0.15) is 24.9 Å². The number of carbonyl (C=O) groups excluding carboxylic acids is 1. The van der Waals surface area contributed by atoms with Gasteiger partial charge in [0.25, 0.3) is 0 Å². The van der Waals surface area contributed by atoms with Gasteiger partial charge in [0.05, 0.1) is 6.04 Å². The van der Waals surface area contributed by atoms with Crippen LogP contribution in [0.15, 0.2) is 18.2 Å². The van der Waals surface area contributed by atoms with Crippen molar-refractivity contribution in [3.8, 4) is 0 Å². The van der Waals surface area contributed by atoms with Crippen molar-refractivity contribution in [2.45, 2.75) is 24.2 Å². The molecule has 0 aliphatic carbocycles. The van der Waals surface area contributed by atoms with E-state index in [1.54, 1.807) is 12.1 Å². The van der Waals surface area contributed by atoms with Crippen molar-refractivity contribution in [1.29, 1.82) is 0 Å². The highest BCUT2D eigenvalue weighted by atomic mass is 79.9. The molecule has 2 nitrogen and oxygen atoms in total. The van der Waals surface area contributed by atoms with E-state index in [1.807, 2.05) is 17.9 Å². The number of halogens is 3. The topological polar surface area (TPSA) is 20.3 Å². The highest BCUT2D eigenvalue weighted by Gasteiger charge is 2.32. The summed E-state index contributed by atoms with van der Waals surface area (Å²) in [5, 5.41) is 1.22. The Morgan fingerprint density at radius 3 is 2.71 bits per heavy atom. The Bertz CT molecular complexity index is 452. The maximum absolute atomic E-state index is 11.8. The fourth-order valence-electron chi connectivity index (χ4n) is 2.07. The zero-order valence-corrected chi connectivity index (χ0v) is 12.4. The molecule has 2 rings (SSSR count). The lowest BCUT2D eigenvalue weighted by Gasteiger charge is -2.25. The maximum Gasteiger partial charge on any atom is 0.224 e. The van der Waals surface area contributed by atoms with E-state index < -0.39 is 0 Å².